The summed E-state index contributed by atoms with van der Waals surface area (Å²) in [6.07, 6.45) is 2.82. The highest BCUT2D eigenvalue weighted by Crippen LogP contribution is 2.05. The van der Waals surface area contributed by atoms with Crippen LogP contribution in [0.2, 0.25) is 0 Å². The molecule has 2 heterocycles. The monoisotopic (exact) mass is 230 g/mol. The van der Waals surface area contributed by atoms with Gasteiger partial charge < -0.3 is 5.11 Å². The van der Waals surface area contributed by atoms with Gasteiger partial charge in [-0.05, 0) is 25.1 Å². The van der Waals surface area contributed by atoms with Gasteiger partial charge in [0.15, 0.2) is 0 Å². The third-order valence-corrected chi connectivity index (χ3v) is 2.33. The van der Waals surface area contributed by atoms with Gasteiger partial charge in [-0.15, -0.1) is 0 Å². The number of aryl methyl sites for hydroxylation is 1. The van der Waals surface area contributed by atoms with E-state index in [2.05, 4.69) is 4.98 Å². The topological polar surface area (TPSA) is 72.2 Å². The lowest BCUT2D eigenvalue weighted by Crippen LogP contribution is -2.18. The van der Waals surface area contributed by atoms with Crippen LogP contribution in [0, 0.1) is 6.92 Å². The number of hydrogen-bond acceptors (Lipinski definition) is 3. The lowest BCUT2D eigenvalue weighted by molar-refractivity contribution is 0.0696. The second kappa shape index (κ2) is 4.21. The average Bonchev–Trinajstić information content (AvgIpc) is 2.31. The highest BCUT2D eigenvalue weighted by Gasteiger charge is 2.06. The van der Waals surface area contributed by atoms with E-state index in [1.54, 1.807) is 12.1 Å². The van der Waals surface area contributed by atoms with Crippen molar-refractivity contribution in [2.75, 3.05) is 0 Å². The maximum atomic E-state index is 11.6. The van der Waals surface area contributed by atoms with Crippen molar-refractivity contribution in [3.05, 3.63) is 58.3 Å². The molecule has 0 atom stereocenters. The molecular weight excluding hydrogens is 220 g/mol. The number of pyridine rings is 2. The zero-order valence-electron chi connectivity index (χ0n) is 9.12. The summed E-state index contributed by atoms with van der Waals surface area (Å²) in [6.45, 7) is 1.83. The minimum Gasteiger partial charge on any atom is -0.478 e. The summed E-state index contributed by atoms with van der Waals surface area (Å²) in [5, 5.41) is 8.86. The number of carboxylic acid groups (broad SMARTS) is 1. The maximum absolute atomic E-state index is 11.6. The van der Waals surface area contributed by atoms with Crippen LogP contribution in [0.25, 0.3) is 5.69 Å². The SMILES string of the molecule is Cc1ccc(-n2cc(C(=O)O)ccc2=O)cn1. The minimum atomic E-state index is -1.07. The molecule has 0 saturated carbocycles. The van der Waals surface area contributed by atoms with Crippen molar-refractivity contribution < 1.29 is 9.90 Å². The summed E-state index contributed by atoms with van der Waals surface area (Å²) < 4.78 is 1.26. The van der Waals surface area contributed by atoms with Gasteiger partial charge in [0.2, 0.25) is 0 Å². The number of rotatable bonds is 2. The summed E-state index contributed by atoms with van der Waals surface area (Å²) in [4.78, 5) is 26.5. The molecule has 0 aliphatic heterocycles. The average molecular weight is 230 g/mol. The van der Waals surface area contributed by atoms with Gasteiger partial charge in [-0.25, -0.2) is 4.79 Å². The molecule has 0 aliphatic rings. The molecule has 0 radical (unpaired) electrons. The van der Waals surface area contributed by atoms with Crippen LogP contribution in [-0.2, 0) is 0 Å². The number of carboxylic acids is 1. The van der Waals surface area contributed by atoms with Crippen molar-refractivity contribution in [1.29, 1.82) is 0 Å². The zero-order valence-corrected chi connectivity index (χ0v) is 9.12. The van der Waals surface area contributed by atoms with Gasteiger partial charge in [0.1, 0.15) is 0 Å². The summed E-state index contributed by atoms with van der Waals surface area (Å²) in [7, 11) is 0. The molecule has 0 saturated heterocycles. The van der Waals surface area contributed by atoms with E-state index in [4.69, 9.17) is 5.11 Å². The summed E-state index contributed by atoms with van der Waals surface area (Å²) in [5.74, 6) is -1.07. The molecule has 0 unspecified atom stereocenters. The fraction of sp³-hybridized carbons (Fsp3) is 0.0833. The number of aromatic carboxylic acids is 1. The van der Waals surface area contributed by atoms with Gasteiger partial charge in [-0.3, -0.25) is 14.3 Å². The van der Waals surface area contributed by atoms with E-state index in [1.807, 2.05) is 6.92 Å². The van der Waals surface area contributed by atoms with Crippen molar-refractivity contribution in [1.82, 2.24) is 9.55 Å². The molecule has 0 fully saturated rings. The first kappa shape index (κ1) is 11.1. The third-order valence-electron chi connectivity index (χ3n) is 2.33. The van der Waals surface area contributed by atoms with Crippen molar-refractivity contribution in [2.24, 2.45) is 0 Å². The van der Waals surface area contributed by atoms with E-state index in [9.17, 15) is 9.59 Å². The molecule has 0 amide bonds. The first-order valence-electron chi connectivity index (χ1n) is 4.97. The highest BCUT2D eigenvalue weighted by atomic mass is 16.4. The third kappa shape index (κ3) is 2.23. The van der Waals surface area contributed by atoms with Crippen LogP contribution in [0.1, 0.15) is 16.1 Å². The Labute approximate surface area is 97.0 Å². The Morgan fingerprint density at radius 3 is 2.65 bits per heavy atom. The molecule has 17 heavy (non-hydrogen) atoms. The van der Waals surface area contributed by atoms with E-state index in [-0.39, 0.29) is 11.1 Å². The molecule has 86 valence electrons. The lowest BCUT2D eigenvalue weighted by Gasteiger charge is -2.06. The molecule has 0 aliphatic carbocycles. The Kier molecular flexibility index (Phi) is 2.74. The van der Waals surface area contributed by atoms with E-state index < -0.39 is 5.97 Å². The quantitative estimate of drug-likeness (QED) is 0.842. The fourth-order valence-electron chi connectivity index (χ4n) is 1.42. The molecule has 0 aromatic carbocycles. The standard InChI is InChI=1S/C12H10N2O3/c1-8-2-4-10(6-13-8)14-7-9(12(16)17)3-5-11(14)15/h2-7H,1H3,(H,16,17). The maximum Gasteiger partial charge on any atom is 0.337 e. The van der Waals surface area contributed by atoms with Gasteiger partial charge >= 0.3 is 5.97 Å². The predicted molar refractivity (Wildman–Crippen MR) is 61.5 cm³/mol. The van der Waals surface area contributed by atoms with E-state index in [0.29, 0.717) is 5.69 Å². The van der Waals surface area contributed by atoms with Crippen LogP contribution in [0.15, 0.2) is 41.5 Å². The Morgan fingerprint density at radius 2 is 2.06 bits per heavy atom. The van der Waals surface area contributed by atoms with E-state index in [0.717, 1.165) is 5.69 Å². The van der Waals surface area contributed by atoms with Gasteiger partial charge in [0.05, 0.1) is 17.4 Å². The Bertz CT molecular complexity index is 614. The van der Waals surface area contributed by atoms with Crippen LogP contribution < -0.4 is 5.56 Å². The van der Waals surface area contributed by atoms with Gasteiger partial charge in [-0.1, -0.05) is 0 Å². The number of nitrogens with zero attached hydrogens (tertiary/aromatic N) is 2. The van der Waals surface area contributed by atoms with Crippen LogP contribution >= 0.6 is 0 Å². The highest BCUT2D eigenvalue weighted by molar-refractivity contribution is 5.87. The van der Waals surface area contributed by atoms with Crippen LogP contribution in [0.4, 0.5) is 0 Å². The summed E-state index contributed by atoms with van der Waals surface area (Å²) in [5.41, 5.74) is 1.14. The molecule has 2 aromatic heterocycles. The number of aromatic nitrogens is 2. The van der Waals surface area contributed by atoms with Gasteiger partial charge in [0.25, 0.3) is 5.56 Å². The van der Waals surface area contributed by atoms with Crippen molar-refractivity contribution in [3.8, 4) is 5.69 Å². The van der Waals surface area contributed by atoms with E-state index >= 15 is 0 Å². The second-order valence-corrected chi connectivity index (χ2v) is 3.59. The first-order chi connectivity index (χ1) is 8.08. The summed E-state index contributed by atoms with van der Waals surface area (Å²) in [6, 6.07) is 5.98. The number of hydrogen-bond donors (Lipinski definition) is 1. The Balaban J connectivity index is 2.58. The van der Waals surface area contributed by atoms with Gasteiger partial charge in [-0.2, -0.15) is 0 Å². The zero-order chi connectivity index (χ0) is 12.4. The smallest absolute Gasteiger partial charge is 0.337 e. The van der Waals surface area contributed by atoms with Crippen LogP contribution in [0.3, 0.4) is 0 Å². The minimum absolute atomic E-state index is 0.0603. The molecule has 0 bridgehead atoms. The summed E-state index contributed by atoms with van der Waals surface area (Å²) >= 11 is 0. The molecular formula is C12H10N2O3. The number of carbonyl (C=O) groups is 1. The molecule has 5 heteroatoms. The van der Waals surface area contributed by atoms with Crippen LogP contribution in [-0.4, -0.2) is 20.6 Å². The van der Waals surface area contributed by atoms with Crippen molar-refractivity contribution in [3.63, 3.8) is 0 Å². The fourth-order valence-corrected chi connectivity index (χ4v) is 1.42. The molecule has 2 rings (SSSR count). The molecule has 2 aromatic rings. The lowest BCUT2D eigenvalue weighted by atomic mass is 10.2. The normalized spacial score (nSPS) is 10.2. The van der Waals surface area contributed by atoms with Gasteiger partial charge in [0, 0.05) is 18.0 Å². The first-order valence-corrected chi connectivity index (χ1v) is 4.97. The van der Waals surface area contributed by atoms with Crippen molar-refractivity contribution >= 4 is 5.97 Å². The van der Waals surface area contributed by atoms with E-state index in [1.165, 1.54) is 29.1 Å². The molecule has 5 nitrogen and oxygen atoms in total. The Morgan fingerprint density at radius 1 is 1.29 bits per heavy atom. The predicted octanol–water partition coefficient (Wildman–Crippen LogP) is 1.24. The largest absolute Gasteiger partial charge is 0.478 e. The molecule has 0 spiro atoms. The van der Waals surface area contributed by atoms with Crippen molar-refractivity contribution in [2.45, 2.75) is 6.92 Å². The molecule has 1 N–H and O–H groups in total. The Hall–Kier alpha value is -2.43. The second-order valence-electron chi connectivity index (χ2n) is 3.59. The van der Waals surface area contributed by atoms with Crippen LogP contribution in [0.5, 0.6) is 0 Å².